The van der Waals surface area contributed by atoms with Crippen molar-refractivity contribution in [3.8, 4) is 0 Å². The van der Waals surface area contributed by atoms with Crippen molar-refractivity contribution < 1.29 is 9.72 Å². The molecule has 1 aliphatic heterocycles. The predicted octanol–water partition coefficient (Wildman–Crippen LogP) is 4.93. The van der Waals surface area contributed by atoms with Crippen LogP contribution in [0.15, 0.2) is 42.5 Å². The van der Waals surface area contributed by atoms with Gasteiger partial charge in [0.05, 0.1) is 11.0 Å². The molecular weight excluding hydrogens is 342 g/mol. The Balaban J connectivity index is 1.80. The van der Waals surface area contributed by atoms with Crippen LogP contribution in [0.5, 0.6) is 0 Å². The highest BCUT2D eigenvalue weighted by Crippen LogP contribution is 2.36. The molecule has 1 unspecified atom stereocenters. The average Bonchev–Trinajstić information content (AvgIpc) is 3.06. The zero-order valence-electron chi connectivity index (χ0n) is 13.7. The Morgan fingerprint density at radius 1 is 1.32 bits per heavy atom. The molecule has 130 valence electrons. The van der Waals surface area contributed by atoms with E-state index in [0.29, 0.717) is 22.8 Å². The number of hydrogen-bond donors (Lipinski definition) is 1. The monoisotopic (exact) mass is 359 g/mol. The number of halogens is 1. The first-order valence-electron chi connectivity index (χ1n) is 8.04. The van der Waals surface area contributed by atoms with E-state index in [-0.39, 0.29) is 17.8 Å². The van der Waals surface area contributed by atoms with Crippen LogP contribution in [-0.2, 0) is 0 Å². The van der Waals surface area contributed by atoms with Gasteiger partial charge in [-0.1, -0.05) is 35.9 Å². The van der Waals surface area contributed by atoms with Gasteiger partial charge in [0.25, 0.3) is 5.69 Å². The molecule has 0 radical (unpaired) electrons. The van der Waals surface area contributed by atoms with Crippen molar-refractivity contribution in [2.24, 2.45) is 0 Å². The van der Waals surface area contributed by atoms with E-state index < -0.39 is 4.92 Å². The number of hydrogen-bond acceptors (Lipinski definition) is 3. The molecule has 0 aromatic heterocycles. The van der Waals surface area contributed by atoms with E-state index in [1.54, 1.807) is 24.0 Å². The van der Waals surface area contributed by atoms with Crippen molar-refractivity contribution >= 4 is 29.0 Å². The van der Waals surface area contributed by atoms with Crippen LogP contribution in [0, 0.1) is 17.0 Å². The summed E-state index contributed by atoms with van der Waals surface area (Å²) in [4.78, 5) is 25.0. The summed E-state index contributed by atoms with van der Waals surface area (Å²) in [6, 6.07) is 11.8. The Bertz CT molecular complexity index is 825. The molecule has 6 nitrogen and oxygen atoms in total. The van der Waals surface area contributed by atoms with E-state index in [1.165, 1.54) is 6.07 Å². The molecule has 2 aromatic carbocycles. The Labute approximate surface area is 150 Å². The summed E-state index contributed by atoms with van der Waals surface area (Å²) in [5.74, 6) is 0. The van der Waals surface area contributed by atoms with Crippen molar-refractivity contribution in [2.45, 2.75) is 25.8 Å². The molecule has 1 atom stereocenters. The number of anilines is 1. The van der Waals surface area contributed by atoms with Crippen LogP contribution in [0.1, 0.15) is 30.0 Å². The summed E-state index contributed by atoms with van der Waals surface area (Å²) in [7, 11) is 0. The van der Waals surface area contributed by atoms with E-state index in [9.17, 15) is 14.9 Å². The van der Waals surface area contributed by atoms with Gasteiger partial charge in [0.15, 0.2) is 0 Å². The lowest BCUT2D eigenvalue weighted by Crippen LogP contribution is -2.34. The maximum absolute atomic E-state index is 12.7. The lowest BCUT2D eigenvalue weighted by Gasteiger charge is -2.26. The minimum absolute atomic E-state index is 0.0122. The maximum atomic E-state index is 12.7. The number of urea groups is 1. The van der Waals surface area contributed by atoms with Crippen LogP contribution < -0.4 is 5.32 Å². The molecule has 7 heteroatoms. The van der Waals surface area contributed by atoms with Gasteiger partial charge in [-0.15, -0.1) is 0 Å². The van der Waals surface area contributed by atoms with Gasteiger partial charge in [0.1, 0.15) is 0 Å². The third kappa shape index (κ3) is 3.58. The van der Waals surface area contributed by atoms with Crippen LogP contribution in [0.25, 0.3) is 0 Å². The van der Waals surface area contributed by atoms with Crippen LogP contribution in [0.3, 0.4) is 0 Å². The van der Waals surface area contributed by atoms with Crippen molar-refractivity contribution in [2.75, 3.05) is 11.9 Å². The summed E-state index contributed by atoms with van der Waals surface area (Å²) in [6.45, 7) is 2.29. The summed E-state index contributed by atoms with van der Waals surface area (Å²) in [6.07, 6.45) is 1.72. The minimum Gasteiger partial charge on any atom is -0.317 e. The molecule has 1 N–H and O–H groups in total. The van der Waals surface area contributed by atoms with Gasteiger partial charge in [0, 0.05) is 28.9 Å². The molecule has 2 aromatic rings. The third-order valence-corrected chi connectivity index (χ3v) is 4.78. The Hall–Kier alpha value is -2.60. The number of carbonyl (C=O) groups is 1. The van der Waals surface area contributed by atoms with Crippen LogP contribution in [0.4, 0.5) is 16.2 Å². The number of nitro benzene ring substituents is 1. The summed E-state index contributed by atoms with van der Waals surface area (Å²) in [5, 5.41) is 14.5. The molecule has 0 aliphatic carbocycles. The van der Waals surface area contributed by atoms with E-state index in [4.69, 9.17) is 11.6 Å². The SMILES string of the molecule is Cc1ccc(NC(=O)N2CCCC2c2ccccc2Cl)cc1[N+](=O)[O-]. The highest BCUT2D eigenvalue weighted by atomic mass is 35.5. The van der Waals surface area contributed by atoms with Gasteiger partial charge in [-0.3, -0.25) is 10.1 Å². The van der Waals surface area contributed by atoms with Gasteiger partial charge >= 0.3 is 6.03 Å². The number of carbonyl (C=O) groups excluding carboxylic acids is 1. The van der Waals surface area contributed by atoms with Crippen molar-refractivity contribution in [1.82, 2.24) is 4.90 Å². The first kappa shape index (κ1) is 17.2. The number of likely N-dealkylation sites (tertiary alicyclic amines) is 1. The molecule has 0 spiro atoms. The fourth-order valence-electron chi connectivity index (χ4n) is 3.16. The van der Waals surface area contributed by atoms with Gasteiger partial charge in [-0.05, 0) is 37.5 Å². The zero-order chi connectivity index (χ0) is 18.0. The number of nitrogens with zero attached hydrogens (tertiary/aromatic N) is 2. The highest BCUT2D eigenvalue weighted by Gasteiger charge is 2.31. The third-order valence-electron chi connectivity index (χ3n) is 4.43. The molecule has 1 heterocycles. The molecule has 0 bridgehead atoms. The molecule has 3 rings (SSSR count). The van der Waals surface area contributed by atoms with Crippen LogP contribution >= 0.6 is 11.6 Å². The molecule has 25 heavy (non-hydrogen) atoms. The van der Waals surface area contributed by atoms with E-state index in [2.05, 4.69) is 5.32 Å². The lowest BCUT2D eigenvalue weighted by molar-refractivity contribution is -0.385. The fraction of sp³-hybridized carbons (Fsp3) is 0.278. The number of aryl methyl sites for hydroxylation is 1. The maximum Gasteiger partial charge on any atom is 0.322 e. The molecule has 0 saturated carbocycles. The normalized spacial score (nSPS) is 16.7. The van der Waals surface area contributed by atoms with E-state index >= 15 is 0 Å². The quantitative estimate of drug-likeness (QED) is 0.623. The Morgan fingerprint density at radius 3 is 2.80 bits per heavy atom. The fourth-order valence-corrected chi connectivity index (χ4v) is 3.42. The lowest BCUT2D eigenvalue weighted by atomic mass is 10.0. The standard InChI is InChI=1S/C18H18ClN3O3/c1-12-8-9-13(11-17(12)22(24)25)20-18(23)21-10-4-7-16(21)14-5-2-3-6-15(14)19/h2-3,5-6,8-9,11,16H,4,7,10H2,1H3,(H,20,23). The largest absolute Gasteiger partial charge is 0.322 e. The number of rotatable bonds is 3. The number of nitrogens with one attached hydrogen (secondary N) is 1. The minimum atomic E-state index is -0.451. The number of benzene rings is 2. The average molecular weight is 360 g/mol. The molecule has 1 fully saturated rings. The first-order chi connectivity index (χ1) is 12.0. The smallest absolute Gasteiger partial charge is 0.317 e. The summed E-state index contributed by atoms with van der Waals surface area (Å²) < 4.78 is 0. The first-order valence-corrected chi connectivity index (χ1v) is 8.42. The van der Waals surface area contributed by atoms with Crippen molar-refractivity contribution in [1.29, 1.82) is 0 Å². The van der Waals surface area contributed by atoms with Crippen LogP contribution in [-0.4, -0.2) is 22.4 Å². The van der Waals surface area contributed by atoms with Gasteiger partial charge < -0.3 is 10.2 Å². The predicted molar refractivity (Wildman–Crippen MR) is 97.0 cm³/mol. The molecular formula is C18H18ClN3O3. The van der Waals surface area contributed by atoms with Gasteiger partial charge in [0.2, 0.25) is 0 Å². The summed E-state index contributed by atoms with van der Waals surface area (Å²) in [5.41, 5.74) is 1.87. The van der Waals surface area contributed by atoms with Gasteiger partial charge in [-0.25, -0.2) is 4.79 Å². The van der Waals surface area contributed by atoms with E-state index in [0.717, 1.165) is 18.4 Å². The molecule has 2 amide bonds. The van der Waals surface area contributed by atoms with Crippen molar-refractivity contribution in [3.63, 3.8) is 0 Å². The number of nitro groups is 1. The topological polar surface area (TPSA) is 75.5 Å². The highest BCUT2D eigenvalue weighted by molar-refractivity contribution is 6.31. The summed E-state index contributed by atoms with van der Waals surface area (Å²) >= 11 is 6.27. The Morgan fingerprint density at radius 2 is 2.08 bits per heavy atom. The second-order valence-corrected chi connectivity index (χ2v) is 6.47. The van der Waals surface area contributed by atoms with E-state index in [1.807, 2.05) is 24.3 Å². The van der Waals surface area contributed by atoms with Crippen molar-refractivity contribution in [3.05, 3.63) is 68.7 Å². The van der Waals surface area contributed by atoms with Gasteiger partial charge in [-0.2, -0.15) is 0 Å². The number of amides is 2. The zero-order valence-corrected chi connectivity index (χ0v) is 14.5. The molecule has 1 saturated heterocycles. The van der Waals surface area contributed by atoms with Crippen LogP contribution in [0.2, 0.25) is 5.02 Å². The second-order valence-electron chi connectivity index (χ2n) is 6.06. The molecule has 1 aliphatic rings. The Kier molecular flexibility index (Phi) is 4.90. The second kappa shape index (κ2) is 7.11.